The monoisotopic (exact) mass is 468 g/mol. The van der Waals surface area contributed by atoms with Crippen molar-refractivity contribution in [1.29, 1.82) is 5.26 Å². The molecule has 0 N–H and O–H groups in total. The number of carbonyl (C=O) groups excluding carboxylic acids is 2. The summed E-state index contributed by atoms with van der Waals surface area (Å²) in [4.78, 5) is 32.5. The summed E-state index contributed by atoms with van der Waals surface area (Å²) in [5, 5.41) is 9.00. The van der Waals surface area contributed by atoms with Crippen LogP contribution in [0, 0.1) is 11.3 Å². The molecule has 2 aliphatic heterocycles. The molecular formula is C26H36N4O4. The highest BCUT2D eigenvalue weighted by atomic mass is 16.6. The van der Waals surface area contributed by atoms with E-state index in [9.17, 15) is 9.59 Å². The fourth-order valence-corrected chi connectivity index (χ4v) is 5.23. The summed E-state index contributed by atoms with van der Waals surface area (Å²) in [5.41, 5.74) is -0.0946. The maximum atomic E-state index is 13.6. The summed E-state index contributed by atoms with van der Waals surface area (Å²) in [6.07, 6.45) is 4.74. The highest BCUT2D eigenvalue weighted by Gasteiger charge is 2.44. The minimum absolute atomic E-state index is 0.0251. The number of piperazine rings is 1. The summed E-state index contributed by atoms with van der Waals surface area (Å²) in [7, 11) is 0. The zero-order valence-electron chi connectivity index (χ0n) is 20.5. The molecule has 8 nitrogen and oxygen atoms in total. The van der Waals surface area contributed by atoms with Gasteiger partial charge < -0.3 is 14.4 Å². The van der Waals surface area contributed by atoms with E-state index in [2.05, 4.69) is 11.0 Å². The third-order valence-corrected chi connectivity index (χ3v) is 6.93. The first kappa shape index (κ1) is 24.3. The maximum Gasteiger partial charge on any atom is 0.411 e. The van der Waals surface area contributed by atoms with E-state index in [-0.39, 0.29) is 18.6 Å². The van der Waals surface area contributed by atoms with E-state index in [1.165, 1.54) is 30.6 Å². The molecule has 1 aromatic rings. The van der Waals surface area contributed by atoms with Gasteiger partial charge in [0.05, 0.1) is 18.2 Å². The van der Waals surface area contributed by atoms with Crippen molar-refractivity contribution in [2.24, 2.45) is 0 Å². The van der Waals surface area contributed by atoms with Crippen LogP contribution in [-0.4, -0.2) is 83.2 Å². The first-order valence-corrected chi connectivity index (χ1v) is 12.4. The van der Waals surface area contributed by atoms with E-state index in [1.807, 2.05) is 25.7 Å². The maximum absolute atomic E-state index is 13.6. The van der Waals surface area contributed by atoms with Gasteiger partial charge in [0, 0.05) is 38.6 Å². The van der Waals surface area contributed by atoms with Crippen LogP contribution in [0.15, 0.2) is 24.3 Å². The van der Waals surface area contributed by atoms with E-state index in [0.717, 1.165) is 13.1 Å². The van der Waals surface area contributed by atoms with Crippen molar-refractivity contribution in [1.82, 2.24) is 14.7 Å². The fourth-order valence-electron chi connectivity index (χ4n) is 5.23. The van der Waals surface area contributed by atoms with Crippen LogP contribution in [0.1, 0.15) is 58.4 Å². The van der Waals surface area contributed by atoms with Crippen LogP contribution >= 0.6 is 0 Å². The molecule has 2 heterocycles. The van der Waals surface area contributed by atoms with Crippen molar-refractivity contribution in [3.63, 3.8) is 0 Å². The Balaban J connectivity index is 1.42. The molecule has 0 unspecified atom stereocenters. The van der Waals surface area contributed by atoms with Crippen LogP contribution in [0.3, 0.4) is 0 Å². The highest BCUT2D eigenvalue weighted by Crippen LogP contribution is 2.28. The van der Waals surface area contributed by atoms with Crippen LogP contribution < -0.4 is 4.74 Å². The molecule has 1 aromatic carbocycles. The Morgan fingerprint density at radius 2 is 1.68 bits per heavy atom. The van der Waals surface area contributed by atoms with Gasteiger partial charge >= 0.3 is 6.09 Å². The molecule has 3 aliphatic rings. The molecular weight excluding hydrogens is 432 g/mol. The highest BCUT2D eigenvalue weighted by molar-refractivity contribution is 5.86. The number of hydrogen-bond donors (Lipinski definition) is 0. The van der Waals surface area contributed by atoms with Gasteiger partial charge in [0.15, 0.2) is 0 Å². The summed E-state index contributed by atoms with van der Waals surface area (Å²) in [5.74, 6) is 0.592. The van der Waals surface area contributed by atoms with Crippen LogP contribution in [0.25, 0.3) is 0 Å². The minimum Gasteiger partial charge on any atom is -0.488 e. The van der Waals surface area contributed by atoms with E-state index in [0.29, 0.717) is 36.9 Å². The normalized spacial score (nSPS) is 24.2. The third kappa shape index (κ3) is 5.82. The predicted octanol–water partition coefficient (Wildman–Crippen LogP) is 3.40. The Morgan fingerprint density at radius 1 is 1.03 bits per heavy atom. The average molecular weight is 469 g/mol. The molecule has 34 heavy (non-hydrogen) atoms. The molecule has 184 valence electrons. The van der Waals surface area contributed by atoms with Gasteiger partial charge in [0.25, 0.3) is 0 Å². The molecule has 2 amide bonds. The number of hydrogen-bond acceptors (Lipinski definition) is 6. The lowest BCUT2D eigenvalue weighted by Crippen LogP contribution is -2.56. The molecule has 4 rings (SSSR count). The summed E-state index contributed by atoms with van der Waals surface area (Å²) < 4.78 is 11.7. The van der Waals surface area contributed by atoms with Gasteiger partial charge in [-0.1, -0.05) is 12.8 Å². The number of ether oxygens (including phenoxy) is 2. The standard InChI is InChI=1S/C26H36N4O4/c1-26(2,3)34-25(32)30-18-22(33-21-10-8-19(17-27)9-11-21)16-23(30)24(31)29-14-12-28(13-15-29)20-6-4-5-7-20/h8-11,20,22-23H,4-7,12-16,18H2,1-3H3/t22-,23+/m0/s1. The number of amides is 2. The molecule has 0 bridgehead atoms. The topological polar surface area (TPSA) is 86.1 Å². The number of nitrogens with zero attached hydrogens (tertiary/aromatic N) is 4. The second-order valence-electron chi connectivity index (χ2n) is 10.6. The van der Waals surface area contributed by atoms with E-state index in [1.54, 1.807) is 24.3 Å². The number of benzene rings is 1. The van der Waals surface area contributed by atoms with E-state index < -0.39 is 17.7 Å². The molecule has 1 saturated carbocycles. The third-order valence-electron chi connectivity index (χ3n) is 6.93. The number of rotatable bonds is 4. The van der Waals surface area contributed by atoms with Crippen molar-refractivity contribution in [2.45, 2.75) is 76.7 Å². The molecule has 2 saturated heterocycles. The van der Waals surface area contributed by atoms with Crippen molar-refractivity contribution in [2.75, 3.05) is 32.7 Å². The fraction of sp³-hybridized carbons (Fsp3) is 0.654. The van der Waals surface area contributed by atoms with Gasteiger partial charge in [-0.05, 0) is 57.9 Å². The van der Waals surface area contributed by atoms with Crippen LogP contribution in [0.2, 0.25) is 0 Å². The smallest absolute Gasteiger partial charge is 0.411 e. The van der Waals surface area contributed by atoms with Crippen LogP contribution in [0.4, 0.5) is 4.79 Å². The molecule has 0 radical (unpaired) electrons. The second-order valence-corrected chi connectivity index (χ2v) is 10.6. The molecule has 2 atom stereocenters. The largest absolute Gasteiger partial charge is 0.488 e. The van der Waals surface area contributed by atoms with Crippen molar-refractivity contribution >= 4 is 12.0 Å². The first-order chi connectivity index (χ1) is 16.2. The lowest BCUT2D eigenvalue weighted by atomic mass is 10.1. The molecule has 0 aromatic heterocycles. The Kier molecular flexibility index (Phi) is 7.32. The van der Waals surface area contributed by atoms with Gasteiger partial charge in [0.2, 0.25) is 5.91 Å². The average Bonchev–Trinajstić information content (AvgIpc) is 3.49. The Labute approximate surface area is 202 Å². The number of nitriles is 1. The SMILES string of the molecule is CC(C)(C)OC(=O)N1C[C@@H](Oc2ccc(C#N)cc2)C[C@@H]1C(=O)N1CCN(C2CCCC2)CC1. The van der Waals surface area contributed by atoms with Crippen molar-refractivity contribution in [3.8, 4) is 11.8 Å². The van der Waals surface area contributed by atoms with Gasteiger partial charge in [-0.2, -0.15) is 5.26 Å². The first-order valence-electron chi connectivity index (χ1n) is 12.4. The Hall–Kier alpha value is -2.79. The van der Waals surface area contributed by atoms with Crippen molar-refractivity contribution < 1.29 is 19.1 Å². The summed E-state index contributed by atoms with van der Waals surface area (Å²) in [6.45, 7) is 8.92. The number of carbonyl (C=O) groups is 2. The minimum atomic E-state index is -0.649. The quantitative estimate of drug-likeness (QED) is 0.673. The molecule has 0 spiro atoms. The summed E-state index contributed by atoms with van der Waals surface area (Å²) >= 11 is 0. The zero-order valence-corrected chi connectivity index (χ0v) is 20.5. The number of likely N-dealkylation sites (tertiary alicyclic amines) is 1. The van der Waals surface area contributed by atoms with Gasteiger partial charge in [-0.3, -0.25) is 14.6 Å². The van der Waals surface area contributed by atoms with E-state index >= 15 is 0 Å². The van der Waals surface area contributed by atoms with Crippen LogP contribution in [0.5, 0.6) is 5.75 Å². The molecule has 1 aliphatic carbocycles. The van der Waals surface area contributed by atoms with E-state index in [4.69, 9.17) is 14.7 Å². The Bertz CT molecular complexity index is 906. The molecule has 8 heteroatoms. The zero-order chi connectivity index (χ0) is 24.3. The van der Waals surface area contributed by atoms with Crippen LogP contribution in [-0.2, 0) is 9.53 Å². The predicted molar refractivity (Wildman–Crippen MR) is 127 cm³/mol. The van der Waals surface area contributed by atoms with Gasteiger partial charge in [0.1, 0.15) is 23.5 Å². The van der Waals surface area contributed by atoms with Crippen molar-refractivity contribution in [3.05, 3.63) is 29.8 Å². The second kappa shape index (κ2) is 10.2. The molecule has 3 fully saturated rings. The lowest BCUT2D eigenvalue weighted by Gasteiger charge is -2.39. The summed E-state index contributed by atoms with van der Waals surface area (Å²) in [6, 6.07) is 9.03. The van der Waals surface area contributed by atoms with Gasteiger partial charge in [-0.15, -0.1) is 0 Å². The lowest BCUT2D eigenvalue weighted by molar-refractivity contribution is -0.138. The Morgan fingerprint density at radius 3 is 2.26 bits per heavy atom. The van der Waals surface area contributed by atoms with Gasteiger partial charge in [-0.25, -0.2) is 4.79 Å².